The number of halogens is 3. The Kier molecular flexibility index (Phi) is 7.83. The minimum Gasteiger partial charge on any atom is -0.339 e. The molecule has 0 aliphatic carbocycles. The van der Waals surface area contributed by atoms with Crippen LogP contribution in [0, 0.1) is 5.92 Å². The standard InChI is InChI=1S/C17H22Cl2N4O2.ClH/c18-14-4-3-13(10-15(14)19)21-17(25)23-8-6-22(7-9-23)16(24)12-2-1-5-20-11-12;/h3-4,10,12,20H,1-2,5-9,11H2,(H,21,25);1H. The number of piperazine rings is 1. The van der Waals surface area contributed by atoms with Crippen LogP contribution in [0.5, 0.6) is 0 Å². The zero-order chi connectivity index (χ0) is 17.8. The van der Waals surface area contributed by atoms with E-state index < -0.39 is 0 Å². The van der Waals surface area contributed by atoms with Gasteiger partial charge in [-0.1, -0.05) is 23.2 Å². The van der Waals surface area contributed by atoms with Gasteiger partial charge in [-0.05, 0) is 37.6 Å². The molecule has 0 aromatic heterocycles. The number of amides is 3. The minimum atomic E-state index is -0.190. The molecule has 3 amide bonds. The molecule has 0 spiro atoms. The van der Waals surface area contributed by atoms with Crippen molar-refractivity contribution >= 4 is 53.2 Å². The van der Waals surface area contributed by atoms with Crippen molar-refractivity contribution in [3.63, 3.8) is 0 Å². The predicted molar refractivity (Wildman–Crippen MR) is 106 cm³/mol. The van der Waals surface area contributed by atoms with Gasteiger partial charge in [-0.3, -0.25) is 4.79 Å². The van der Waals surface area contributed by atoms with Gasteiger partial charge in [0.25, 0.3) is 0 Å². The summed E-state index contributed by atoms with van der Waals surface area (Å²) in [5.74, 6) is 0.280. The molecule has 1 aromatic rings. The minimum absolute atomic E-state index is 0. The summed E-state index contributed by atoms with van der Waals surface area (Å²) in [5.41, 5.74) is 0.603. The van der Waals surface area contributed by atoms with Crippen molar-refractivity contribution in [3.05, 3.63) is 28.2 Å². The smallest absolute Gasteiger partial charge is 0.321 e. The molecular formula is C17H23Cl3N4O2. The van der Waals surface area contributed by atoms with E-state index in [0.717, 1.165) is 25.9 Å². The van der Waals surface area contributed by atoms with Gasteiger partial charge in [0.15, 0.2) is 0 Å². The first-order chi connectivity index (χ1) is 12.0. The Bertz CT molecular complexity index is 645. The SMILES string of the molecule is Cl.O=C(Nc1ccc(Cl)c(Cl)c1)N1CCN(C(=O)C2CCCNC2)CC1. The van der Waals surface area contributed by atoms with Crippen molar-refractivity contribution in [2.45, 2.75) is 12.8 Å². The summed E-state index contributed by atoms with van der Waals surface area (Å²) in [7, 11) is 0. The van der Waals surface area contributed by atoms with Gasteiger partial charge < -0.3 is 20.4 Å². The highest BCUT2D eigenvalue weighted by atomic mass is 35.5. The fraction of sp³-hybridized carbons (Fsp3) is 0.529. The topological polar surface area (TPSA) is 64.7 Å². The van der Waals surface area contributed by atoms with E-state index in [1.807, 2.05) is 4.90 Å². The number of carbonyl (C=O) groups is 2. The van der Waals surface area contributed by atoms with Gasteiger partial charge in [0.05, 0.1) is 16.0 Å². The van der Waals surface area contributed by atoms with Gasteiger partial charge >= 0.3 is 6.03 Å². The van der Waals surface area contributed by atoms with Crippen LogP contribution in [0.4, 0.5) is 10.5 Å². The van der Waals surface area contributed by atoms with E-state index in [1.165, 1.54) is 0 Å². The lowest BCUT2D eigenvalue weighted by atomic mass is 9.98. The highest BCUT2D eigenvalue weighted by Gasteiger charge is 2.29. The molecule has 3 rings (SSSR count). The lowest BCUT2D eigenvalue weighted by Crippen LogP contribution is -2.54. The zero-order valence-corrected chi connectivity index (χ0v) is 16.7. The van der Waals surface area contributed by atoms with Crippen molar-refractivity contribution in [3.8, 4) is 0 Å². The number of nitrogens with zero attached hydrogens (tertiary/aromatic N) is 2. The van der Waals surface area contributed by atoms with Crippen LogP contribution >= 0.6 is 35.6 Å². The highest BCUT2D eigenvalue weighted by molar-refractivity contribution is 6.42. The van der Waals surface area contributed by atoms with E-state index >= 15 is 0 Å². The summed E-state index contributed by atoms with van der Waals surface area (Å²) in [6.45, 7) is 3.95. The molecule has 1 aromatic carbocycles. The molecule has 2 aliphatic rings. The molecule has 2 heterocycles. The van der Waals surface area contributed by atoms with Crippen molar-refractivity contribution in [1.29, 1.82) is 0 Å². The van der Waals surface area contributed by atoms with Crippen LogP contribution in [-0.4, -0.2) is 61.0 Å². The molecule has 0 bridgehead atoms. The predicted octanol–water partition coefficient (Wildman–Crippen LogP) is 3.09. The Balaban J connectivity index is 0.00000243. The summed E-state index contributed by atoms with van der Waals surface area (Å²) in [6.07, 6.45) is 1.99. The maximum Gasteiger partial charge on any atom is 0.321 e. The Hall–Kier alpha value is -1.21. The monoisotopic (exact) mass is 420 g/mol. The molecule has 6 nitrogen and oxygen atoms in total. The number of hydrogen-bond acceptors (Lipinski definition) is 3. The third kappa shape index (κ3) is 5.16. The van der Waals surface area contributed by atoms with Crippen LogP contribution in [-0.2, 0) is 4.79 Å². The van der Waals surface area contributed by atoms with Crippen LogP contribution < -0.4 is 10.6 Å². The second-order valence-corrected chi connectivity index (χ2v) is 7.23. The van der Waals surface area contributed by atoms with Crippen molar-refractivity contribution in [2.75, 3.05) is 44.6 Å². The van der Waals surface area contributed by atoms with E-state index in [2.05, 4.69) is 10.6 Å². The molecule has 144 valence electrons. The third-order valence-electron chi connectivity index (χ3n) is 4.70. The fourth-order valence-corrected chi connectivity index (χ4v) is 3.53. The van der Waals surface area contributed by atoms with Crippen LogP contribution in [0.2, 0.25) is 10.0 Å². The van der Waals surface area contributed by atoms with E-state index in [4.69, 9.17) is 23.2 Å². The van der Waals surface area contributed by atoms with Gasteiger partial charge in [0.1, 0.15) is 0 Å². The summed E-state index contributed by atoms with van der Waals surface area (Å²) < 4.78 is 0. The molecule has 2 aliphatic heterocycles. The second-order valence-electron chi connectivity index (χ2n) is 6.41. The van der Waals surface area contributed by atoms with Crippen LogP contribution in [0.25, 0.3) is 0 Å². The second kappa shape index (κ2) is 9.65. The van der Waals surface area contributed by atoms with Crippen molar-refractivity contribution < 1.29 is 9.59 Å². The third-order valence-corrected chi connectivity index (χ3v) is 5.43. The number of benzene rings is 1. The van der Waals surface area contributed by atoms with E-state index in [-0.39, 0.29) is 30.3 Å². The number of anilines is 1. The number of piperidine rings is 1. The summed E-state index contributed by atoms with van der Waals surface area (Å²) in [6, 6.07) is 4.79. The van der Waals surface area contributed by atoms with Gasteiger partial charge in [-0.25, -0.2) is 4.79 Å². The van der Waals surface area contributed by atoms with E-state index in [1.54, 1.807) is 23.1 Å². The average Bonchev–Trinajstić information content (AvgIpc) is 2.65. The molecule has 1 atom stereocenters. The first kappa shape index (κ1) is 21.1. The lowest BCUT2D eigenvalue weighted by molar-refractivity contribution is -0.137. The quantitative estimate of drug-likeness (QED) is 0.771. The molecular weight excluding hydrogens is 399 g/mol. The molecule has 1 unspecified atom stereocenters. The highest BCUT2D eigenvalue weighted by Crippen LogP contribution is 2.25. The van der Waals surface area contributed by atoms with Gasteiger partial charge in [0, 0.05) is 38.4 Å². The number of carbonyl (C=O) groups excluding carboxylic acids is 2. The maximum absolute atomic E-state index is 12.5. The maximum atomic E-state index is 12.5. The Morgan fingerprint density at radius 1 is 1.08 bits per heavy atom. The van der Waals surface area contributed by atoms with Crippen LogP contribution in [0.1, 0.15) is 12.8 Å². The molecule has 0 saturated carbocycles. The van der Waals surface area contributed by atoms with Gasteiger partial charge in [-0.15, -0.1) is 12.4 Å². The van der Waals surface area contributed by atoms with Gasteiger partial charge in [-0.2, -0.15) is 0 Å². The van der Waals surface area contributed by atoms with Crippen molar-refractivity contribution in [2.24, 2.45) is 5.92 Å². The number of urea groups is 1. The Morgan fingerprint density at radius 2 is 1.77 bits per heavy atom. The molecule has 2 N–H and O–H groups in total. The first-order valence-electron chi connectivity index (χ1n) is 8.55. The molecule has 26 heavy (non-hydrogen) atoms. The Morgan fingerprint density at radius 3 is 2.38 bits per heavy atom. The number of nitrogens with one attached hydrogen (secondary N) is 2. The molecule has 2 saturated heterocycles. The summed E-state index contributed by atoms with van der Waals surface area (Å²) in [5, 5.41) is 6.94. The average molecular weight is 422 g/mol. The van der Waals surface area contributed by atoms with Gasteiger partial charge in [0.2, 0.25) is 5.91 Å². The lowest BCUT2D eigenvalue weighted by Gasteiger charge is -2.37. The Labute approximate surface area is 169 Å². The van der Waals surface area contributed by atoms with Crippen molar-refractivity contribution in [1.82, 2.24) is 15.1 Å². The number of hydrogen-bond donors (Lipinski definition) is 2. The molecule has 2 fully saturated rings. The zero-order valence-electron chi connectivity index (χ0n) is 14.3. The largest absolute Gasteiger partial charge is 0.339 e. The first-order valence-corrected chi connectivity index (χ1v) is 9.30. The van der Waals surface area contributed by atoms with Crippen LogP contribution in [0.3, 0.4) is 0 Å². The summed E-state index contributed by atoms with van der Waals surface area (Å²) >= 11 is 11.8. The number of rotatable bonds is 2. The fourth-order valence-electron chi connectivity index (χ4n) is 3.23. The van der Waals surface area contributed by atoms with E-state index in [9.17, 15) is 9.59 Å². The normalized spacial score (nSPS) is 20.3. The van der Waals surface area contributed by atoms with E-state index in [0.29, 0.717) is 41.9 Å². The molecule has 0 radical (unpaired) electrons. The summed E-state index contributed by atoms with van der Waals surface area (Å²) in [4.78, 5) is 28.5. The van der Waals surface area contributed by atoms with Crippen LogP contribution in [0.15, 0.2) is 18.2 Å². The molecule has 9 heteroatoms.